The van der Waals surface area contributed by atoms with E-state index < -0.39 is 0 Å². The average Bonchev–Trinajstić information content (AvgIpc) is 3.03. The number of halogens is 1. The maximum atomic E-state index is 12.3. The smallest absolute Gasteiger partial charge is 0.199 e. The first-order chi connectivity index (χ1) is 11.1. The summed E-state index contributed by atoms with van der Waals surface area (Å²) in [5, 5.41) is 0.687. The van der Waals surface area contributed by atoms with E-state index in [2.05, 4.69) is 11.8 Å². The monoisotopic (exact) mass is 331 g/mol. The van der Waals surface area contributed by atoms with E-state index in [1.54, 1.807) is 6.07 Å². The third-order valence-corrected chi connectivity index (χ3v) is 4.66. The van der Waals surface area contributed by atoms with Gasteiger partial charge in [-0.1, -0.05) is 18.5 Å². The Morgan fingerprint density at radius 1 is 1.26 bits per heavy atom. The molecule has 1 unspecified atom stereocenters. The highest BCUT2D eigenvalue weighted by Crippen LogP contribution is 2.24. The molecule has 1 atom stereocenters. The number of nitrogens with zero attached hydrogens (tertiary/aromatic N) is 1. The maximum absolute atomic E-state index is 12.3. The van der Waals surface area contributed by atoms with E-state index >= 15 is 0 Å². The van der Waals surface area contributed by atoms with Crippen molar-refractivity contribution in [3.63, 3.8) is 0 Å². The molecule has 1 aromatic carbocycles. The highest BCUT2D eigenvalue weighted by molar-refractivity contribution is 6.30. The van der Waals surface area contributed by atoms with Gasteiger partial charge in [-0.3, -0.25) is 4.79 Å². The number of hydrogen-bond donors (Lipinski definition) is 0. The number of hydrogen-bond acceptors (Lipinski definition) is 3. The first kappa shape index (κ1) is 16.3. The number of Topliss-reactive ketones (excluding diaryl/α,β-unsaturated/α-hetero) is 1. The zero-order valence-corrected chi connectivity index (χ0v) is 14.2. The lowest BCUT2D eigenvalue weighted by Crippen LogP contribution is -2.35. The molecule has 0 saturated carbocycles. The molecule has 0 aliphatic carbocycles. The van der Waals surface area contributed by atoms with Crippen molar-refractivity contribution in [1.82, 2.24) is 4.90 Å². The predicted octanol–water partition coefficient (Wildman–Crippen LogP) is 4.90. The Kier molecular flexibility index (Phi) is 5.19. The average molecular weight is 332 g/mol. The highest BCUT2D eigenvalue weighted by atomic mass is 35.5. The first-order valence-corrected chi connectivity index (χ1v) is 8.61. The largest absolute Gasteiger partial charge is 0.453 e. The summed E-state index contributed by atoms with van der Waals surface area (Å²) in [6.07, 6.45) is 3.05. The van der Waals surface area contributed by atoms with Crippen LogP contribution in [0.5, 0.6) is 0 Å². The Labute approximate surface area is 142 Å². The fourth-order valence-corrected chi connectivity index (χ4v) is 3.26. The molecular weight excluding hydrogens is 310 g/mol. The summed E-state index contributed by atoms with van der Waals surface area (Å²) in [6.45, 7) is 5.30. The van der Waals surface area contributed by atoms with Crippen molar-refractivity contribution >= 4 is 17.4 Å². The van der Waals surface area contributed by atoms with Crippen molar-refractivity contribution in [2.45, 2.75) is 26.2 Å². The van der Waals surface area contributed by atoms with Gasteiger partial charge in [0.25, 0.3) is 0 Å². The Morgan fingerprint density at radius 2 is 2.04 bits per heavy atom. The van der Waals surface area contributed by atoms with E-state index in [0.717, 1.165) is 31.1 Å². The molecule has 0 amide bonds. The van der Waals surface area contributed by atoms with Gasteiger partial charge in [0.05, 0.1) is 0 Å². The second kappa shape index (κ2) is 7.33. The minimum Gasteiger partial charge on any atom is -0.453 e. The van der Waals surface area contributed by atoms with E-state index in [0.29, 0.717) is 23.0 Å². The van der Waals surface area contributed by atoms with Gasteiger partial charge >= 0.3 is 0 Å². The summed E-state index contributed by atoms with van der Waals surface area (Å²) in [6, 6.07) is 11.0. The minimum absolute atomic E-state index is 0.0726. The molecule has 0 N–H and O–H groups in total. The standard InChI is InChI=1S/C19H22ClNO2/c1-14-3-2-11-21(13-14)12-10-17(22)19-9-8-18(23-19)15-4-6-16(20)7-5-15/h4-9,14H,2-3,10-13H2,1H3. The van der Waals surface area contributed by atoms with Crippen molar-refractivity contribution in [2.24, 2.45) is 5.92 Å². The van der Waals surface area contributed by atoms with Crippen LogP contribution in [-0.2, 0) is 0 Å². The molecule has 3 rings (SSSR count). The van der Waals surface area contributed by atoms with E-state index in [9.17, 15) is 4.79 Å². The Hall–Kier alpha value is -1.58. The number of rotatable bonds is 5. The molecule has 2 heterocycles. The SMILES string of the molecule is CC1CCCN(CCC(=O)c2ccc(-c3ccc(Cl)cc3)o2)C1. The van der Waals surface area contributed by atoms with Crippen LogP contribution >= 0.6 is 11.6 Å². The number of piperidine rings is 1. The normalized spacial score (nSPS) is 19.0. The minimum atomic E-state index is 0.0726. The molecule has 1 aromatic heterocycles. The second-order valence-electron chi connectivity index (χ2n) is 6.39. The number of likely N-dealkylation sites (tertiary alicyclic amines) is 1. The Morgan fingerprint density at radius 3 is 2.78 bits per heavy atom. The van der Waals surface area contributed by atoms with E-state index in [1.807, 2.05) is 30.3 Å². The van der Waals surface area contributed by atoms with Gasteiger partial charge < -0.3 is 9.32 Å². The summed E-state index contributed by atoms with van der Waals surface area (Å²) in [5.41, 5.74) is 0.929. The first-order valence-electron chi connectivity index (χ1n) is 8.23. The third kappa shape index (κ3) is 4.24. The topological polar surface area (TPSA) is 33.5 Å². The zero-order valence-electron chi connectivity index (χ0n) is 13.4. The van der Waals surface area contributed by atoms with Gasteiger partial charge in [-0.05, 0) is 61.7 Å². The van der Waals surface area contributed by atoms with Crippen molar-refractivity contribution < 1.29 is 9.21 Å². The van der Waals surface area contributed by atoms with Crippen LogP contribution in [0.3, 0.4) is 0 Å². The van der Waals surface area contributed by atoms with E-state index in [-0.39, 0.29) is 5.78 Å². The summed E-state index contributed by atoms with van der Waals surface area (Å²) < 4.78 is 5.72. The molecule has 4 heteroatoms. The molecule has 122 valence electrons. The fourth-order valence-electron chi connectivity index (χ4n) is 3.13. The summed E-state index contributed by atoms with van der Waals surface area (Å²) in [7, 11) is 0. The molecule has 1 saturated heterocycles. The molecule has 0 radical (unpaired) electrons. The molecule has 23 heavy (non-hydrogen) atoms. The van der Waals surface area contributed by atoms with Crippen LogP contribution in [0, 0.1) is 5.92 Å². The zero-order chi connectivity index (χ0) is 16.2. The molecule has 2 aromatic rings. The molecule has 1 fully saturated rings. The highest BCUT2D eigenvalue weighted by Gasteiger charge is 2.18. The van der Waals surface area contributed by atoms with Crippen LogP contribution in [-0.4, -0.2) is 30.3 Å². The summed E-state index contributed by atoms with van der Waals surface area (Å²) >= 11 is 5.89. The lowest BCUT2D eigenvalue weighted by Gasteiger charge is -2.30. The number of ketones is 1. The molecular formula is C19H22ClNO2. The predicted molar refractivity (Wildman–Crippen MR) is 92.9 cm³/mol. The maximum Gasteiger partial charge on any atom is 0.199 e. The van der Waals surface area contributed by atoms with E-state index in [4.69, 9.17) is 16.0 Å². The number of carbonyl (C=O) groups is 1. The van der Waals surface area contributed by atoms with Crippen LogP contribution in [0.1, 0.15) is 36.7 Å². The lowest BCUT2D eigenvalue weighted by atomic mass is 10.00. The molecule has 3 nitrogen and oxygen atoms in total. The Balaban J connectivity index is 1.59. The Bertz CT molecular complexity index is 662. The van der Waals surface area contributed by atoms with Gasteiger partial charge in [0.15, 0.2) is 11.5 Å². The van der Waals surface area contributed by atoms with Gasteiger partial charge in [-0.15, -0.1) is 0 Å². The van der Waals surface area contributed by atoms with Gasteiger partial charge in [-0.2, -0.15) is 0 Å². The van der Waals surface area contributed by atoms with Crippen molar-refractivity contribution in [2.75, 3.05) is 19.6 Å². The van der Waals surface area contributed by atoms with Crippen molar-refractivity contribution in [3.8, 4) is 11.3 Å². The van der Waals surface area contributed by atoms with Gasteiger partial charge in [0, 0.05) is 30.1 Å². The van der Waals surface area contributed by atoms with Crippen LogP contribution in [0.15, 0.2) is 40.8 Å². The van der Waals surface area contributed by atoms with Crippen LogP contribution in [0.25, 0.3) is 11.3 Å². The van der Waals surface area contributed by atoms with Gasteiger partial charge in [0.1, 0.15) is 5.76 Å². The molecule has 0 spiro atoms. The third-order valence-electron chi connectivity index (χ3n) is 4.41. The van der Waals surface area contributed by atoms with Crippen LogP contribution in [0.4, 0.5) is 0 Å². The summed E-state index contributed by atoms with van der Waals surface area (Å²) in [4.78, 5) is 14.7. The van der Waals surface area contributed by atoms with Gasteiger partial charge in [0.2, 0.25) is 0 Å². The number of carbonyl (C=O) groups excluding carboxylic acids is 1. The molecule has 1 aliphatic heterocycles. The van der Waals surface area contributed by atoms with Gasteiger partial charge in [-0.25, -0.2) is 0 Å². The van der Waals surface area contributed by atoms with Crippen LogP contribution < -0.4 is 0 Å². The van der Waals surface area contributed by atoms with E-state index in [1.165, 1.54) is 12.8 Å². The second-order valence-corrected chi connectivity index (χ2v) is 6.83. The van der Waals surface area contributed by atoms with Crippen LogP contribution in [0.2, 0.25) is 5.02 Å². The molecule has 1 aliphatic rings. The number of benzene rings is 1. The number of furan rings is 1. The lowest BCUT2D eigenvalue weighted by molar-refractivity contribution is 0.0923. The quantitative estimate of drug-likeness (QED) is 0.730. The summed E-state index contributed by atoms with van der Waals surface area (Å²) in [5.74, 6) is 1.96. The van der Waals surface area contributed by atoms with Crippen molar-refractivity contribution in [3.05, 3.63) is 47.2 Å². The van der Waals surface area contributed by atoms with Crippen molar-refractivity contribution in [1.29, 1.82) is 0 Å². The fraction of sp³-hybridized carbons (Fsp3) is 0.421. The molecule has 0 bridgehead atoms.